The first kappa shape index (κ1) is 26.7. The average molecular weight is 422 g/mol. The van der Waals surface area contributed by atoms with Crippen LogP contribution in [-0.2, 0) is 9.53 Å². The van der Waals surface area contributed by atoms with Gasteiger partial charge >= 0.3 is 6.09 Å². The van der Waals surface area contributed by atoms with Crippen molar-refractivity contribution in [3.05, 3.63) is 11.1 Å². The van der Waals surface area contributed by atoms with E-state index in [0.29, 0.717) is 12.4 Å². The number of hydrogen-bond donors (Lipinski definition) is 1. The smallest absolute Gasteiger partial charge is 0.406 e. The highest BCUT2D eigenvalue weighted by atomic mass is 16.5. The van der Waals surface area contributed by atoms with Crippen LogP contribution < -0.4 is 5.32 Å². The summed E-state index contributed by atoms with van der Waals surface area (Å²) in [4.78, 5) is 23.3. The highest BCUT2D eigenvalue weighted by Gasteiger charge is 2.33. The molecule has 0 atom stereocenters. The van der Waals surface area contributed by atoms with Crippen molar-refractivity contribution in [2.24, 2.45) is 5.41 Å². The molecule has 1 aliphatic carbocycles. The number of alkyl carbamates (subject to hydrolysis) is 1. The first-order valence-electron chi connectivity index (χ1n) is 12.5. The number of unbranched alkanes of at least 4 members (excludes halogenated alkanes) is 12. The minimum absolute atomic E-state index is 0.143. The monoisotopic (exact) mass is 421 g/mol. The minimum Gasteiger partial charge on any atom is -0.450 e. The first-order chi connectivity index (χ1) is 14.4. The van der Waals surface area contributed by atoms with Crippen molar-refractivity contribution in [1.29, 1.82) is 0 Å². The number of rotatable bonds is 16. The van der Waals surface area contributed by atoms with Crippen molar-refractivity contribution < 1.29 is 14.3 Å². The highest BCUT2D eigenvalue weighted by Crippen LogP contribution is 2.37. The molecule has 0 aromatic carbocycles. The Morgan fingerprint density at radius 3 is 1.83 bits per heavy atom. The number of ketones is 1. The summed E-state index contributed by atoms with van der Waals surface area (Å²) in [5, 5.41) is 2.46. The quantitative estimate of drug-likeness (QED) is 0.262. The molecule has 0 bridgehead atoms. The molecule has 4 nitrogen and oxygen atoms in total. The Hall–Kier alpha value is -1.32. The lowest BCUT2D eigenvalue weighted by Gasteiger charge is -2.30. The van der Waals surface area contributed by atoms with Crippen LogP contribution in [0.2, 0.25) is 0 Å². The first-order valence-corrected chi connectivity index (χ1v) is 12.5. The Balaban J connectivity index is 1.86. The second-order valence-electron chi connectivity index (χ2n) is 9.67. The molecule has 0 aromatic heterocycles. The van der Waals surface area contributed by atoms with Gasteiger partial charge in [0.25, 0.3) is 0 Å². The molecular weight excluding hydrogens is 374 g/mol. The van der Waals surface area contributed by atoms with Crippen LogP contribution in [0.3, 0.4) is 0 Å². The van der Waals surface area contributed by atoms with Crippen LogP contribution in [0.5, 0.6) is 0 Å². The number of carbonyl (C=O) groups excluding carboxylic acids is 2. The van der Waals surface area contributed by atoms with E-state index in [4.69, 9.17) is 4.74 Å². The van der Waals surface area contributed by atoms with E-state index in [1.165, 1.54) is 76.2 Å². The van der Waals surface area contributed by atoms with Gasteiger partial charge in [0.2, 0.25) is 0 Å². The van der Waals surface area contributed by atoms with Gasteiger partial charge in [-0.2, -0.15) is 0 Å². The van der Waals surface area contributed by atoms with Crippen molar-refractivity contribution in [3.8, 4) is 0 Å². The maximum Gasteiger partial charge on any atom is 0.406 e. The van der Waals surface area contributed by atoms with Crippen LogP contribution in [-0.4, -0.2) is 25.5 Å². The fourth-order valence-corrected chi connectivity index (χ4v) is 4.37. The third kappa shape index (κ3) is 11.2. The third-order valence-electron chi connectivity index (χ3n) is 6.60. The van der Waals surface area contributed by atoms with Crippen molar-refractivity contribution in [3.63, 3.8) is 0 Å². The van der Waals surface area contributed by atoms with E-state index in [-0.39, 0.29) is 11.5 Å². The van der Waals surface area contributed by atoms with Gasteiger partial charge in [0, 0.05) is 12.5 Å². The molecule has 0 unspecified atom stereocenters. The van der Waals surface area contributed by atoms with Gasteiger partial charge in [0.05, 0.1) is 6.61 Å². The fraction of sp³-hybridized carbons (Fsp3) is 0.846. The lowest BCUT2D eigenvalue weighted by atomic mass is 9.73. The number of carbonyl (C=O) groups is 2. The van der Waals surface area contributed by atoms with Crippen molar-refractivity contribution in [2.45, 2.75) is 124 Å². The Morgan fingerprint density at radius 2 is 1.33 bits per heavy atom. The summed E-state index contributed by atoms with van der Waals surface area (Å²) in [6.07, 6.45) is 19.6. The molecule has 30 heavy (non-hydrogen) atoms. The van der Waals surface area contributed by atoms with Gasteiger partial charge < -0.3 is 10.1 Å². The summed E-state index contributed by atoms with van der Waals surface area (Å²) in [6, 6.07) is 0. The second-order valence-corrected chi connectivity index (χ2v) is 9.67. The van der Waals surface area contributed by atoms with E-state index in [0.717, 1.165) is 37.7 Å². The van der Waals surface area contributed by atoms with E-state index in [1.807, 2.05) is 6.92 Å². The molecule has 0 aromatic rings. The molecule has 1 amide bonds. The maximum atomic E-state index is 12.4. The molecule has 0 saturated carbocycles. The molecule has 0 spiro atoms. The van der Waals surface area contributed by atoms with Crippen LogP contribution in [0.25, 0.3) is 0 Å². The Bertz CT molecular complexity index is 536. The Labute approximate surface area is 185 Å². The summed E-state index contributed by atoms with van der Waals surface area (Å²) in [6.45, 7) is 6.75. The topological polar surface area (TPSA) is 55.4 Å². The molecule has 1 rings (SSSR count). The third-order valence-corrected chi connectivity index (χ3v) is 6.60. The molecule has 0 saturated heterocycles. The second kappa shape index (κ2) is 15.5. The highest BCUT2D eigenvalue weighted by molar-refractivity contribution is 6.00. The van der Waals surface area contributed by atoms with Crippen LogP contribution >= 0.6 is 0 Å². The summed E-state index contributed by atoms with van der Waals surface area (Å²) >= 11 is 0. The van der Waals surface area contributed by atoms with Crippen molar-refractivity contribution >= 4 is 11.9 Å². The molecule has 1 N–H and O–H groups in total. The van der Waals surface area contributed by atoms with Crippen LogP contribution in [0.4, 0.5) is 4.79 Å². The zero-order valence-corrected chi connectivity index (χ0v) is 20.2. The molecule has 0 radical (unpaired) electrons. The fourth-order valence-electron chi connectivity index (χ4n) is 4.37. The normalized spacial score (nSPS) is 16.1. The molecule has 1 aliphatic rings. The molecule has 174 valence electrons. The Morgan fingerprint density at radius 1 is 0.867 bits per heavy atom. The van der Waals surface area contributed by atoms with Gasteiger partial charge in [-0.3, -0.25) is 4.79 Å². The lowest BCUT2D eigenvalue weighted by molar-refractivity contribution is -0.124. The van der Waals surface area contributed by atoms with Crippen molar-refractivity contribution in [1.82, 2.24) is 5.32 Å². The summed E-state index contributed by atoms with van der Waals surface area (Å²) < 4.78 is 4.98. The van der Waals surface area contributed by atoms with Gasteiger partial charge in [-0.15, -0.1) is 0 Å². The molecule has 0 fully saturated rings. The number of Topliss-reactive ketones (excluding diaryl/α,β-unsaturated/α-hetero) is 1. The number of ether oxygens (including phenoxy) is 1. The SMILES string of the molecule is CNC(=O)OCCCCCCCCCCCCCCCC1=C(C)C(=O)C(C)(C)CC1. The van der Waals surface area contributed by atoms with Gasteiger partial charge in [0.15, 0.2) is 5.78 Å². The van der Waals surface area contributed by atoms with E-state index in [2.05, 4.69) is 19.2 Å². The zero-order chi connectivity index (χ0) is 22.2. The van der Waals surface area contributed by atoms with Crippen LogP contribution in [0, 0.1) is 5.41 Å². The van der Waals surface area contributed by atoms with Gasteiger partial charge in [0.1, 0.15) is 0 Å². The van der Waals surface area contributed by atoms with Crippen molar-refractivity contribution in [2.75, 3.05) is 13.7 Å². The lowest BCUT2D eigenvalue weighted by Crippen LogP contribution is -2.29. The molecule has 0 aliphatic heterocycles. The van der Waals surface area contributed by atoms with Gasteiger partial charge in [-0.1, -0.05) is 90.0 Å². The summed E-state index contributed by atoms with van der Waals surface area (Å²) in [5.41, 5.74) is 2.35. The molecular formula is C26H47NO3. The molecule has 0 heterocycles. The Kier molecular flexibility index (Phi) is 13.8. The average Bonchev–Trinajstić information content (AvgIpc) is 2.73. The van der Waals surface area contributed by atoms with E-state index in [9.17, 15) is 9.59 Å². The van der Waals surface area contributed by atoms with E-state index in [1.54, 1.807) is 7.05 Å². The molecule has 4 heteroatoms. The number of hydrogen-bond acceptors (Lipinski definition) is 3. The maximum absolute atomic E-state index is 12.4. The number of allylic oxidation sites excluding steroid dienone is 2. The summed E-state index contributed by atoms with van der Waals surface area (Å²) in [7, 11) is 1.59. The van der Waals surface area contributed by atoms with Gasteiger partial charge in [-0.05, 0) is 44.6 Å². The summed E-state index contributed by atoms with van der Waals surface area (Å²) in [5.74, 6) is 0.374. The predicted molar refractivity (Wildman–Crippen MR) is 126 cm³/mol. The standard InChI is InChI=1S/C26H47NO3/c1-22-23(19-20-26(2,3)24(22)28)18-16-14-12-10-8-6-5-7-9-11-13-15-17-21-30-25(29)27-4/h5-21H2,1-4H3,(H,27,29). The van der Waals surface area contributed by atoms with E-state index >= 15 is 0 Å². The van der Waals surface area contributed by atoms with Gasteiger partial charge in [-0.25, -0.2) is 4.79 Å². The largest absolute Gasteiger partial charge is 0.450 e. The number of amides is 1. The zero-order valence-electron chi connectivity index (χ0n) is 20.2. The predicted octanol–water partition coefficient (Wildman–Crippen LogP) is 7.51. The number of nitrogens with one attached hydrogen (secondary N) is 1. The minimum atomic E-state index is -0.327. The van der Waals surface area contributed by atoms with Crippen LogP contribution in [0.15, 0.2) is 11.1 Å². The van der Waals surface area contributed by atoms with Crippen LogP contribution in [0.1, 0.15) is 124 Å². The van der Waals surface area contributed by atoms with E-state index < -0.39 is 0 Å².